The third-order valence-corrected chi connectivity index (χ3v) is 3.39. The lowest BCUT2D eigenvalue weighted by Crippen LogP contribution is -2.14. The molecule has 0 spiro atoms. The Kier molecular flexibility index (Phi) is 2.69. The van der Waals surface area contributed by atoms with E-state index in [0.29, 0.717) is 4.52 Å². The van der Waals surface area contributed by atoms with E-state index in [9.17, 15) is 18.0 Å². The van der Waals surface area contributed by atoms with E-state index in [1.54, 1.807) is 0 Å². The molecule has 1 aliphatic carbocycles. The van der Waals surface area contributed by atoms with Crippen molar-refractivity contribution in [2.75, 3.05) is 0 Å². The van der Waals surface area contributed by atoms with E-state index in [1.165, 1.54) is 0 Å². The summed E-state index contributed by atoms with van der Waals surface area (Å²) in [5.74, 6) is -1.53. The summed E-state index contributed by atoms with van der Waals surface area (Å²) in [6.07, 6.45) is -3.15. The zero-order valence-corrected chi connectivity index (χ0v) is 10.5. The smallest absolute Gasteiger partial charge is 0.433 e. The van der Waals surface area contributed by atoms with E-state index >= 15 is 0 Å². The highest BCUT2D eigenvalue weighted by molar-refractivity contribution is 6.36. The number of hydrogen-bond donors (Lipinski definition) is 1. The molecule has 1 saturated carbocycles. The molecule has 0 bridgehead atoms. The second kappa shape index (κ2) is 4.08. The summed E-state index contributed by atoms with van der Waals surface area (Å²) in [5.41, 5.74) is -1.72. The average Bonchev–Trinajstić information content (AvgIpc) is 3.12. The molecule has 9 heteroatoms. The van der Waals surface area contributed by atoms with Gasteiger partial charge in [0.05, 0.1) is 0 Å². The monoisotopic (exact) mass is 305 g/mol. The maximum absolute atomic E-state index is 13.0. The van der Waals surface area contributed by atoms with Crippen LogP contribution in [-0.4, -0.2) is 25.7 Å². The molecule has 1 N–H and O–H groups in total. The number of hydrogen-bond acceptors (Lipinski definition) is 3. The molecule has 0 atom stereocenters. The molecule has 1 fully saturated rings. The quantitative estimate of drug-likeness (QED) is 0.926. The number of aromatic nitrogens is 3. The summed E-state index contributed by atoms with van der Waals surface area (Å²) in [4.78, 5) is 14.9. The van der Waals surface area contributed by atoms with Crippen molar-refractivity contribution in [2.45, 2.75) is 24.9 Å². The minimum Gasteiger partial charge on any atom is -0.476 e. The SMILES string of the molecule is O=C(O)c1nn2c(C(F)(F)F)cc(C3CC3)nc2c1Cl. The van der Waals surface area contributed by atoms with E-state index in [-0.39, 0.29) is 22.3 Å². The number of alkyl halides is 3. The van der Waals surface area contributed by atoms with E-state index in [0.717, 1.165) is 18.9 Å². The van der Waals surface area contributed by atoms with Crippen LogP contribution >= 0.6 is 11.6 Å². The van der Waals surface area contributed by atoms with Gasteiger partial charge in [-0.1, -0.05) is 11.6 Å². The zero-order chi connectivity index (χ0) is 14.7. The Morgan fingerprint density at radius 3 is 2.60 bits per heavy atom. The molecule has 0 aromatic carbocycles. The summed E-state index contributed by atoms with van der Waals surface area (Å²) in [6, 6.07) is 0.902. The third-order valence-electron chi connectivity index (χ3n) is 3.04. The number of halogens is 4. The molecule has 2 aromatic heterocycles. The minimum atomic E-state index is -4.67. The standard InChI is InChI=1S/C11H7ClF3N3O2/c12-7-8(10(19)20)17-18-6(11(13,14)15)3-5(4-1-2-4)16-9(7)18/h3-4H,1-2H2,(H,19,20). The number of rotatable bonds is 2. The summed E-state index contributed by atoms with van der Waals surface area (Å²) in [6.45, 7) is 0. The largest absolute Gasteiger partial charge is 0.476 e. The second-order valence-electron chi connectivity index (χ2n) is 4.54. The van der Waals surface area contributed by atoms with Gasteiger partial charge in [0.2, 0.25) is 0 Å². The van der Waals surface area contributed by atoms with Crippen LogP contribution in [0.25, 0.3) is 5.65 Å². The van der Waals surface area contributed by atoms with Crippen LogP contribution in [0.1, 0.15) is 40.6 Å². The number of carboxylic acids is 1. The van der Waals surface area contributed by atoms with Gasteiger partial charge in [-0.25, -0.2) is 14.3 Å². The molecule has 0 unspecified atom stereocenters. The molecule has 106 valence electrons. The fourth-order valence-electron chi connectivity index (χ4n) is 1.94. The van der Waals surface area contributed by atoms with Gasteiger partial charge >= 0.3 is 12.1 Å². The maximum atomic E-state index is 13.0. The van der Waals surface area contributed by atoms with E-state index in [1.807, 2.05) is 0 Å². The van der Waals surface area contributed by atoms with Crippen molar-refractivity contribution in [3.63, 3.8) is 0 Å². The van der Waals surface area contributed by atoms with E-state index in [4.69, 9.17) is 16.7 Å². The van der Waals surface area contributed by atoms with Crippen LogP contribution < -0.4 is 0 Å². The van der Waals surface area contributed by atoms with Crippen molar-refractivity contribution >= 4 is 23.2 Å². The topological polar surface area (TPSA) is 67.5 Å². The molecule has 1 aliphatic rings. The third kappa shape index (κ3) is 2.00. The Balaban J connectivity index is 2.34. The number of carboxylic acid groups (broad SMARTS) is 1. The fourth-order valence-corrected chi connectivity index (χ4v) is 2.18. The molecule has 20 heavy (non-hydrogen) atoms. The van der Waals surface area contributed by atoms with Crippen molar-refractivity contribution < 1.29 is 23.1 Å². The van der Waals surface area contributed by atoms with Crippen molar-refractivity contribution in [1.82, 2.24) is 14.6 Å². The number of aromatic carboxylic acids is 1. The van der Waals surface area contributed by atoms with Gasteiger partial charge in [-0.15, -0.1) is 0 Å². The molecular weight excluding hydrogens is 299 g/mol. The van der Waals surface area contributed by atoms with Crippen LogP contribution in [0.2, 0.25) is 5.02 Å². The first-order valence-corrected chi connectivity index (χ1v) is 6.06. The van der Waals surface area contributed by atoms with Gasteiger partial charge in [0.1, 0.15) is 10.7 Å². The molecule has 0 radical (unpaired) electrons. The minimum absolute atomic E-state index is 0.0275. The Morgan fingerprint density at radius 2 is 2.10 bits per heavy atom. The molecular formula is C11H7ClF3N3O2. The fraction of sp³-hybridized carbons (Fsp3) is 0.364. The highest BCUT2D eigenvalue weighted by Crippen LogP contribution is 2.42. The normalized spacial score (nSPS) is 15.8. The first kappa shape index (κ1) is 13.2. The number of fused-ring (bicyclic) bond motifs is 1. The van der Waals surface area contributed by atoms with E-state index < -0.39 is 23.5 Å². The zero-order valence-electron chi connectivity index (χ0n) is 9.78. The van der Waals surface area contributed by atoms with Gasteiger partial charge in [0, 0.05) is 11.6 Å². The van der Waals surface area contributed by atoms with Crippen LogP contribution in [0.15, 0.2) is 6.07 Å². The van der Waals surface area contributed by atoms with Gasteiger partial charge in [-0.2, -0.15) is 18.3 Å². The predicted octanol–water partition coefficient (Wildman–Crippen LogP) is 2.98. The Labute approximate surface area is 115 Å². The summed E-state index contributed by atoms with van der Waals surface area (Å²) in [5, 5.41) is 11.9. The van der Waals surface area contributed by atoms with Crippen LogP contribution in [-0.2, 0) is 6.18 Å². The lowest BCUT2D eigenvalue weighted by molar-refractivity contribution is -0.142. The molecule has 0 amide bonds. The van der Waals surface area contributed by atoms with Gasteiger partial charge in [-0.05, 0) is 18.9 Å². The molecule has 2 aromatic rings. The summed E-state index contributed by atoms with van der Waals surface area (Å²) >= 11 is 5.78. The number of nitrogens with zero attached hydrogens (tertiary/aromatic N) is 3. The van der Waals surface area contributed by atoms with Crippen LogP contribution in [0.5, 0.6) is 0 Å². The predicted molar refractivity (Wildman–Crippen MR) is 61.9 cm³/mol. The lowest BCUT2D eigenvalue weighted by atomic mass is 10.2. The van der Waals surface area contributed by atoms with Crippen molar-refractivity contribution in [3.8, 4) is 0 Å². The number of carbonyl (C=O) groups is 1. The highest BCUT2D eigenvalue weighted by Gasteiger charge is 2.38. The molecule has 3 rings (SSSR count). The Morgan fingerprint density at radius 1 is 1.45 bits per heavy atom. The van der Waals surface area contributed by atoms with E-state index in [2.05, 4.69) is 10.1 Å². The molecule has 0 saturated heterocycles. The Bertz CT molecular complexity index is 722. The van der Waals surface area contributed by atoms with Gasteiger partial charge in [-0.3, -0.25) is 0 Å². The van der Waals surface area contributed by atoms with Gasteiger partial charge in [0.15, 0.2) is 11.3 Å². The molecule has 0 aliphatic heterocycles. The average molecular weight is 306 g/mol. The van der Waals surface area contributed by atoms with Crippen LogP contribution in [0.3, 0.4) is 0 Å². The first-order valence-electron chi connectivity index (χ1n) is 5.68. The highest BCUT2D eigenvalue weighted by atomic mass is 35.5. The first-order chi connectivity index (χ1) is 9.29. The second-order valence-corrected chi connectivity index (χ2v) is 4.92. The molecule has 5 nitrogen and oxygen atoms in total. The Hall–Kier alpha value is -1.83. The van der Waals surface area contributed by atoms with Gasteiger partial charge in [0.25, 0.3) is 0 Å². The molecule has 2 heterocycles. The summed E-state index contributed by atoms with van der Waals surface area (Å²) in [7, 11) is 0. The van der Waals surface area contributed by atoms with Crippen LogP contribution in [0, 0.1) is 0 Å². The van der Waals surface area contributed by atoms with Crippen molar-refractivity contribution in [1.29, 1.82) is 0 Å². The summed E-state index contributed by atoms with van der Waals surface area (Å²) < 4.78 is 39.6. The van der Waals surface area contributed by atoms with Crippen LogP contribution in [0.4, 0.5) is 13.2 Å². The van der Waals surface area contributed by atoms with Gasteiger partial charge < -0.3 is 5.11 Å². The lowest BCUT2D eigenvalue weighted by Gasteiger charge is -2.10. The van der Waals surface area contributed by atoms with Crippen molar-refractivity contribution in [3.05, 3.63) is 28.2 Å². The van der Waals surface area contributed by atoms with Crippen molar-refractivity contribution in [2.24, 2.45) is 0 Å². The maximum Gasteiger partial charge on any atom is 0.433 e.